The van der Waals surface area contributed by atoms with Gasteiger partial charge in [-0.15, -0.1) is 0 Å². The first kappa shape index (κ1) is 11.8. The molecule has 1 aromatic heterocycles. The third-order valence-corrected chi connectivity index (χ3v) is 2.75. The number of aliphatic hydroxyl groups is 1. The number of aromatic nitrogens is 1. The molecule has 0 fully saturated rings. The largest absolute Gasteiger partial charge is 0.383 e. The van der Waals surface area contributed by atoms with Gasteiger partial charge in [0.25, 0.3) is 0 Å². The normalized spacial score (nSPS) is 12.4. The van der Waals surface area contributed by atoms with Crippen molar-refractivity contribution in [3.8, 4) is 0 Å². The van der Waals surface area contributed by atoms with Crippen LogP contribution in [-0.4, -0.2) is 10.1 Å². The van der Waals surface area contributed by atoms with Crippen molar-refractivity contribution >= 4 is 17.4 Å². The average Bonchev–Trinajstić information content (AvgIpc) is 2.29. The standard InChI is InChI=1S/C12H10ClFN2O/c13-10-6-7(14)3-4-8(10)11(17)9-2-1-5-16-12(9)15/h1-6,11,17H,(H2,15,16). The minimum absolute atomic E-state index is 0.153. The molecule has 0 bridgehead atoms. The first-order valence-corrected chi connectivity index (χ1v) is 5.31. The maximum Gasteiger partial charge on any atom is 0.129 e. The van der Waals surface area contributed by atoms with Gasteiger partial charge in [-0.2, -0.15) is 0 Å². The molecule has 1 aromatic carbocycles. The molecule has 5 heteroatoms. The predicted molar refractivity (Wildman–Crippen MR) is 64.1 cm³/mol. The highest BCUT2D eigenvalue weighted by Gasteiger charge is 2.17. The van der Waals surface area contributed by atoms with Gasteiger partial charge in [-0.05, 0) is 18.2 Å². The van der Waals surface area contributed by atoms with E-state index in [1.165, 1.54) is 18.3 Å². The highest BCUT2D eigenvalue weighted by molar-refractivity contribution is 6.31. The van der Waals surface area contributed by atoms with Gasteiger partial charge < -0.3 is 10.8 Å². The molecule has 0 aliphatic heterocycles. The number of nitrogen functional groups attached to an aromatic ring is 1. The van der Waals surface area contributed by atoms with Gasteiger partial charge >= 0.3 is 0 Å². The second kappa shape index (κ2) is 4.69. The average molecular weight is 253 g/mol. The molecule has 0 aliphatic rings. The monoisotopic (exact) mass is 252 g/mol. The zero-order valence-corrected chi connectivity index (χ0v) is 9.53. The van der Waals surface area contributed by atoms with Crippen LogP contribution in [0.15, 0.2) is 36.5 Å². The lowest BCUT2D eigenvalue weighted by Gasteiger charge is -2.14. The SMILES string of the molecule is Nc1ncccc1C(O)c1ccc(F)cc1Cl. The van der Waals surface area contributed by atoms with E-state index in [9.17, 15) is 9.50 Å². The molecule has 0 saturated heterocycles. The highest BCUT2D eigenvalue weighted by atomic mass is 35.5. The summed E-state index contributed by atoms with van der Waals surface area (Å²) in [6.45, 7) is 0. The van der Waals surface area contributed by atoms with Crippen molar-refractivity contribution in [1.29, 1.82) is 0 Å². The molecule has 2 aromatic rings. The van der Waals surface area contributed by atoms with E-state index in [1.54, 1.807) is 12.1 Å². The van der Waals surface area contributed by atoms with E-state index in [4.69, 9.17) is 17.3 Å². The number of hydrogen-bond donors (Lipinski definition) is 2. The lowest BCUT2D eigenvalue weighted by molar-refractivity contribution is 0.220. The van der Waals surface area contributed by atoms with Crippen LogP contribution in [0.25, 0.3) is 0 Å². The number of benzene rings is 1. The first-order chi connectivity index (χ1) is 8.09. The Morgan fingerprint density at radius 3 is 2.71 bits per heavy atom. The zero-order valence-electron chi connectivity index (χ0n) is 8.77. The van der Waals surface area contributed by atoms with Crippen LogP contribution in [0.5, 0.6) is 0 Å². The van der Waals surface area contributed by atoms with Gasteiger partial charge in [0.1, 0.15) is 17.7 Å². The van der Waals surface area contributed by atoms with E-state index >= 15 is 0 Å². The number of anilines is 1. The number of halogens is 2. The molecule has 0 spiro atoms. The molecule has 1 heterocycles. The summed E-state index contributed by atoms with van der Waals surface area (Å²) in [5.41, 5.74) is 6.49. The Morgan fingerprint density at radius 2 is 2.06 bits per heavy atom. The topological polar surface area (TPSA) is 59.1 Å². The molecule has 1 unspecified atom stereocenters. The van der Waals surface area contributed by atoms with E-state index in [0.29, 0.717) is 11.1 Å². The third kappa shape index (κ3) is 2.38. The number of aliphatic hydroxyl groups excluding tert-OH is 1. The van der Waals surface area contributed by atoms with Gasteiger partial charge in [0.05, 0.1) is 0 Å². The molecule has 3 N–H and O–H groups in total. The quantitative estimate of drug-likeness (QED) is 0.864. The summed E-state index contributed by atoms with van der Waals surface area (Å²) in [4.78, 5) is 3.87. The maximum atomic E-state index is 12.9. The summed E-state index contributed by atoms with van der Waals surface area (Å²) in [5.74, 6) is -0.231. The molecule has 2 rings (SSSR count). The van der Waals surface area contributed by atoms with Crippen molar-refractivity contribution < 1.29 is 9.50 Å². The lowest BCUT2D eigenvalue weighted by Crippen LogP contribution is -2.05. The van der Waals surface area contributed by atoms with Crippen molar-refractivity contribution in [3.63, 3.8) is 0 Å². The van der Waals surface area contributed by atoms with Crippen LogP contribution in [0.3, 0.4) is 0 Å². The van der Waals surface area contributed by atoms with Gasteiger partial charge in [-0.25, -0.2) is 9.37 Å². The fourth-order valence-electron chi connectivity index (χ4n) is 1.55. The minimum Gasteiger partial charge on any atom is -0.383 e. The molecule has 0 saturated carbocycles. The van der Waals surface area contributed by atoms with Crippen molar-refractivity contribution in [1.82, 2.24) is 4.98 Å². The summed E-state index contributed by atoms with van der Waals surface area (Å²) < 4.78 is 12.9. The van der Waals surface area contributed by atoms with Crippen LogP contribution in [0.1, 0.15) is 17.2 Å². The van der Waals surface area contributed by atoms with Crippen LogP contribution in [0.4, 0.5) is 10.2 Å². The molecule has 0 aliphatic carbocycles. The second-order valence-electron chi connectivity index (χ2n) is 3.55. The fourth-order valence-corrected chi connectivity index (χ4v) is 1.82. The van der Waals surface area contributed by atoms with Gasteiger partial charge in [0, 0.05) is 22.3 Å². The van der Waals surface area contributed by atoms with Gasteiger partial charge in [0.2, 0.25) is 0 Å². The summed E-state index contributed by atoms with van der Waals surface area (Å²) in [6.07, 6.45) is 0.509. The Balaban J connectivity index is 2.44. The van der Waals surface area contributed by atoms with Gasteiger partial charge in [-0.1, -0.05) is 23.7 Å². The lowest BCUT2D eigenvalue weighted by atomic mass is 10.0. The fraction of sp³-hybridized carbons (Fsp3) is 0.0833. The molecule has 0 radical (unpaired) electrons. The van der Waals surface area contributed by atoms with Crippen LogP contribution >= 0.6 is 11.6 Å². The van der Waals surface area contributed by atoms with Crippen molar-refractivity contribution in [2.24, 2.45) is 0 Å². The smallest absolute Gasteiger partial charge is 0.129 e. The van der Waals surface area contributed by atoms with Gasteiger partial charge in [-0.3, -0.25) is 0 Å². The summed E-state index contributed by atoms with van der Waals surface area (Å²) in [6, 6.07) is 7.11. The van der Waals surface area contributed by atoms with E-state index in [2.05, 4.69) is 4.98 Å². The van der Waals surface area contributed by atoms with E-state index in [1.807, 2.05) is 0 Å². The van der Waals surface area contributed by atoms with Gasteiger partial charge in [0.15, 0.2) is 0 Å². The molecule has 1 atom stereocenters. The molecule has 3 nitrogen and oxygen atoms in total. The third-order valence-electron chi connectivity index (χ3n) is 2.42. The minimum atomic E-state index is -1.02. The van der Waals surface area contributed by atoms with Crippen LogP contribution < -0.4 is 5.73 Å². The Hall–Kier alpha value is -1.65. The zero-order chi connectivity index (χ0) is 12.4. The van der Waals surface area contributed by atoms with Crippen molar-refractivity contribution in [2.75, 3.05) is 5.73 Å². The Morgan fingerprint density at radius 1 is 1.29 bits per heavy atom. The van der Waals surface area contributed by atoms with E-state index < -0.39 is 11.9 Å². The Labute approximate surface area is 103 Å². The van der Waals surface area contributed by atoms with Crippen LogP contribution in [0.2, 0.25) is 5.02 Å². The Kier molecular flexibility index (Phi) is 3.26. The molecular formula is C12H10ClFN2O. The number of rotatable bonds is 2. The second-order valence-corrected chi connectivity index (χ2v) is 3.95. The maximum absolute atomic E-state index is 12.9. The van der Waals surface area contributed by atoms with Crippen LogP contribution in [0, 0.1) is 5.82 Å². The van der Waals surface area contributed by atoms with E-state index in [0.717, 1.165) is 6.07 Å². The summed E-state index contributed by atoms with van der Waals surface area (Å²) >= 11 is 5.87. The molecular weight excluding hydrogens is 243 g/mol. The van der Waals surface area contributed by atoms with Crippen molar-refractivity contribution in [2.45, 2.75) is 6.10 Å². The Bertz CT molecular complexity index is 548. The number of pyridine rings is 1. The molecule has 88 valence electrons. The summed E-state index contributed by atoms with van der Waals surface area (Å²) in [7, 11) is 0. The first-order valence-electron chi connectivity index (χ1n) is 4.93. The molecule has 0 amide bonds. The summed E-state index contributed by atoms with van der Waals surface area (Å²) in [5, 5.41) is 10.3. The number of nitrogens with zero attached hydrogens (tertiary/aromatic N) is 1. The predicted octanol–water partition coefficient (Wildman–Crippen LogP) is 2.54. The number of hydrogen-bond acceptors (Lipinski definition) is 3. The highest BCUT2D eigenvalue weighted by Crippen LogP contribution is 2.30. The van der Waals surface area contributed by atoms with Crippen LogP contribution in [-0.2, 0) is 0 Å². The number of nitrogens with two attached hydrogens (primary N) is 1. The van der Waals surface area contributed by atoms with E-state index in [-0.39, 0.29) is 10.8 Å². The van der Waals surface area contributed by atoms with Crippen molar-refractivity contribution in [3.05, 3.63) is 58.5 Å². The molecule has 17 heavy (non-hydrogen) atoms.